The van der Waals surface area contributed by atoms with Crippen LogP contribution in [0.5, 0.6) is 0 Å². The zero-order valence-electron chi connectivity index (χ0n) is 8.18. The fourth-order valence-electron chi connectivity index (χ4n) is 1.06. The van der Waals surface area contributed by atoms with Gasteiger partial charge in [0, 0.05) is 16.1 Å². The van der Waals surface area contributed by atoms with Crippen molar-refractivity contribution in [2.75, 3.05) is 0 Å². The molecule has 0 fully saturated rings. The van der Waals surface area contributed by atoms with Gasteiger partial charge in [0.1, 0.15) is 12.2 Å². The first-order valence-electron chi connectivity index (χ1n) is 4.40. The average Bonchev–Trinajstić information content (AvgIpc) is 2.16. The number of rotatable bonds is 4. The zero-order chi connectivity index (χ0) is 12.1. The molecule has 5 heteroatoms. The van der Waals surface area contributed by atoms with Crippen molar-refractivity contribution in [3.63, 3.8) is 0 Å². The third kappa shape index (κ3) is 3.86. The number of carboxylic acid groups (broad SMARTS) is 1. The summed E-state index contributed by atoms with van der Waals surface area (Å²) in [6.45, 7) is 0. The van der Waals surface area contributed by atoms with Crippen molar-refractivity contribution in [3.05, 3.63) is 40.4 Å². The molecule has 0 bridgehead atoms. The first-order valence-corrected chi connectivity index (χ1v) is 5.19. The summed E-state index contributed by atoms with van der Waals surface area (Å²) < 4.78 is 0.848. The number of carboxylic acids is 1. The normalized spacial score (nSPS) is 11.2. The van der Waals surface area contributed by atoms with Gasteiger partial charge in [-0.05, 0) is 12.1 Å². The molecule has 0 aromatic heterocycles. The van der Waals surface area contributed by atoms with E-state index in [9.17, 15) is 14.7 Å². The maximum Gasteiger partial charge on any atom is 0.311 e. The Kier molecular flexibility index (Phi) is 4.25. The van der Waals surface area contributed by atoms with Gasteiger partial charge in [-0.1, -0.05) is 28.1 Å². The summed E-state index contributed by atoms with van der Waals surface area (Å²) in [5.41, 5.74) is 0.460. The molecule has 0 aliphatic rings. The van der Waals surface area contributed by atoms with Crippen molar-refractivity contribution in [2.24, 2.45) is 0 Å². The van der Waals surface area contributed by atoms with E-state index >= 15 is 0 Å². The van der Waals surface area contributed by atoms with Crippen LogP contribution in [0.2, 0.25) is 0 Å². The third-order valence-electron chi connectivity index (χ3n) is 1.76. The van der Waals surface area contributed by atoms with E-state index in [2.05, 4.69) is 15.9 Å². The Balaban J connectivity index is 2.81. The Morgan fingerprint density at radius 3 is 2.25 bits per heavy atom. The summed E-state index contributed by atoms with van der Waals surface area (Å²) in [7, 11) is 0. The minimum atomic E-state index is -1.22. The molecule has 0 amide bonds. The van der Waals surface area contributed by atoms with Gasteiger partial charge < -0.3 is 10.2 Å². The fraction of sp³-hybridized carbons (Fsp3) is 0.0909. The van der Waals surface area contributed by atoms with Crippen molar-refractivity contribution in [3.8, 4) is 0 Å². The Bertz CT molecular complexity index is 434. The molecule has 84 valence electrons. The van der Waals surface area contributed by atoms with E-state index < -0.39 is 18.2 Å². The summed E-state index contributed by atoms with van der Waals surface area (Å²) in [5, 5.41) is 17.9. The minimum absolute atomic E-state index is 0.237. The van der Waals surface area contributed by atoms with Crippen molar-refractivity contribution in [1.29, 1.82) is 0 Å². The average molecular weight is 285 g/mol. The minimum Gasteiger partial charge on any atom is -0.507 e. The zero-order valence-corrected chi connectivity index (χ0v) is 9.77. The lowest BCUT2D eigenvalue weighted by Gasteiger charge is -1.99. The second-order valence-electron chi connectivity index (χ2n) is 3.07. The number of hydrogen-bond acceptors (Lipinski definition) is 3. The molecular weight excluding hydrogens is 276 g/mol. The van der Waals surface area contributed by atoms with Gasteiger partial charge in [0.2, 0.25) is 0 Å². The molecule has 0 saturated carbocycles. The first kappa shape index (κ1) is 12.4. The van der Waals surface area contributed by atoms with Gasteiger partial charge in [-0.15, -0.1) is 0 Å². The van der Waals surface area contributed by atoms with E-state index in [1.54, 1.807) is 24.3 Å². The van der Waals surface area contributed by atoms with Crippen LogP contribution in [0.15, 0.2) is 34.8 Å². The van der Waals surface area contributed by atoms with E-state index in [1.807, 2.05) is 0 Å². The highest BCUT2D eigenvalue weighted by molar-refractivity contribution is 9.10. The summed E-state index contributed by atoms with van der Waals surface area (Å²) >= 11 is 3.23. The maximum absolute atomic E-state index is 11.1. The number of allylic oxidation sites excluding steroid dienone is 1. The summed E-state index contributed by atoms with van der Waals surface area (Å²) in [6.07, 6.45) is 0.290. The van der Waals surface area contributed by atoms with Crippen LogP contribution >= 0.6 is 15.9 Å². The van der Waals surface area contributed by atoms with E-state index in [0.29, 0.717) is 5.56 Å². The highest BCUT2D eigenvalue weighted by Gasteiger charge is 2.07. The molecule has 0 unspecified atom stereocenters. The molecule has 0 heterocycles. The highest BCUT2D eigenvalue weighted by atomic mass is 79.9. The molecule has 4 nitrogen and oxygen atoms in total. The predicted molar refractivity (Wildman–Crippen MR) is 62.0 cm³/mol. The Morgan fingerprint density at radius 1 is 1.19 bits per heavy atom. The number of benzene rings is 1. The molecule has 1 aromatic carbocycles. The third-order valence-corrected chi connectivity index (χ3v) is 2.29. The van der Waals surface area contributed by atoms with Crippen molar-refractivity contribution < 1.29 is 19.8 Å². The molecule has 0 atom stereocenters. The number of carbonyl (C=O) groups is 2. The lowest BCUT2D eigenvalue weighted by Crippen LogP contribution is -2.04. The van der Waals surface area contributed by atoms with Crippen LogP contribution in [-0.2, 0) is 9.59 Å². The predicted octanol–water partition coefficient (Wildman–Crippen LogP) is 2.39. The quantitative estimate of drug-likeness (QED) is 0.506. The molecule has 0 radical (unpaired) electrons. The van der Waals surface area contributed by atoms with E-state index in [-0.39, 0.29) is 5.76 Å². The maximum atomic E-state index is 11.1. The molecule has 0 spiro atoms. The molecule has 1 aromatic rings. The van der Waals surface area contributed by atoms with Crippen LogP contribution in [0.3, 0.4) is 0 Å². The van der Waals surface area contributed by atoms with Crippen LogP contribution in [0.1, 0.15) is 12.0 Å². The number of hydrogen-bond donors (Lipinski definition) is 2. The van der Waals surface area contributed by atoms with E-state index in [0.717, 1.165) is 10.5 Å². The molecular formula is C11H9BrO4. The lowest BCUT2D eigenvalue weighted by molar-refractivity contribution is -0.139. The number of aliphatic hydroxyl groups is 1. The number of ketones is 1. The largest absolute Gasteiger partial charge is 0.507 e. The lowest BCUT2D eigenvalue weighted by atomic mass is 10.1. The molecule has 2 N–H and O–H groups in total. The van der Waals surface area contributed by atoms with Gasteiger partial charge >= 0.3 is 5.97 Å². The number of carbonyl (C=O) groups excluding carboxylic acids is 1. The van der Waals surface area contributed by atoms with Gasteiger partial charge in [0.25, 0.3) is 0 Å². The van der Waals surface area contributed by atoms with Gasteiger partial charge in [0.15, 0.2) is 5.78 Å². The van der Waals surface area contributed by atoms with Crippen LogP contribution in [0.25, 0.3) is 5.76 Å². The Hall–Kier alpha value is -1.62. The van der Waals surface area contributed by atoms with Crippen LogP contribution in [-0.4, -0.2) is 22.0 Å². The van der Waals surface area contributed by atoms with Crippen LogP contribution in [0, 0.1) is 0 Å². The van der Waals surface area contributed by atoms with Crippen LogP contribution < -0.4 is 0 Å². The number of aliphatic carboxylic acids is 1. The monoisotopic (exact) mass is 284 g/mol. The Morgan fingerprint density at radius 2 is 1.75 bits per heavy atom. The van der Waals surface area contributed by atoms with Crippen molar-refractivity contribution in [2.45, 2.75) is 6.42 Å². The first-order chi connectivity index (χ1) is 7.49. The molecule has 0 saturated heterocycles. The standard InChI is InChI=1S/C11H9BrO4/c12-8-3-1-7(2-4-8)10(14)5-9(13)6-11(15)16/h1-5,14H,6H2,(H,15,16)/b10-5-. The van der Waals surface area contributed by atoms with Gasteiger partial charge in [0.05, 0.1) is 0 Å². The van der Waals surface area contributed by atoms with Crippen molar-refractivity contribution in [1.82, 2.24) is 0 Å². The van der Waals surface area contributed by atoms with Crippen molar-refractivity contribution >= 4 is 33.4 Å². The number of aliphatic hydroxyl groups excluding tert-OH is 1. The van der Waals surface area contributed by atoms with E-state index in [1.165, 1.54) is 0 Å². The van der Waals surface area contributed by atoms with Gasteiger partial charge in [-0.25, -0.2) is 0 Å². The molecule has 16 heavy (non-hydrogen) atoms. The summed E-state index contributed by atoms with van der Waals surface area (Å²) in [4.78, 5) is 21.3. The molecule has 1 rings (SSSR count). The Labute approximate surface area is 100 Å². The number of halogens is 1. The van der Waals surface area contributed by atoms with E-state index in [4.69, 9.17) is 5.11 Å². The fourth-order valence-corrected chi connectivity index (χ4v) is 1.32. The molecule has 0 aliphatic carbocycles. The highest BCUT2D eigenvalue weighted by Crippen LogP contribution is 2.16. The second-order valence-corrected chi connectivity index (χ2v) is 3.99. The van der Waals surface area contributed by atoms with Crippen LogP contribution in [0.4, 0.5) is 0 Å². The van der Waals surface area contributed by atoms with Gasteiger partial charge in [-0.2, -0.15) is 0 Å². The topological polar surface area (TPSA) is 74.6 Å². The summed E-state index contributed by atoms with van der Waals surface area (Å²) in [5.74, 6) is -2.10. The second kappa shape index (κ2) is 5.46. The molecule has 0 aliphatic heterocycles. The summed E-state index contributed by atoms with van der Waals surface area (Å²) in [6, 6.07) is 6.65. The smallest absolute Gasteiger partial charge is 0.311 e. The SMILES string of the molecule is O=C(O)CC(=O)/C=C(\O)c1ccc(Br)cc1. The van der Waals surface area contributed by atoms with Gasteiger partial charge in [-0.3, -0.25) is 9.59 Å².